The van der Waals surface area contributed by atoms with Crippen LogP contribution in [0, 0.1) is 10.1 Å². The Bertz CT molecular complexity index is 372. The number of hydrogen-bond donors (Lipinski definition) is 1. The molecule has 1 unspecified atom stereocenters. The lowest BCUT2D eigenvalue weighted by Crippen LogP contribution is -2.26. The van der Waals surface area contributed by atoms with Crippen LogP contribution < -0.4 is 5.32 Å². The first-order valence-corrected chi connectivity index (χ1v) is 5.51. The maximum absolute atomic E-state index is 10.8. The maximum atomic E-state index is 10.8. The number of ether oxygens (including phenoxy) is 1. The standard InChI is InChI=1S/C10H18N4O3/c1-4-5-8(6-17-3)12-10-9(14(15)16)11-7-13(10)2/h7-8,12H,4-6H2,1-3H3. The third-order valence-electron chi connectivity index (χ3n) is 2.44. The van der Waals surface area contributed by atoms with E-state index in [9.17, 15) is 10.1 Å². The Balaban J connectivity index is 2.83. The molecule has 0 fully saturated rings. The molecule has 1 heterocycles. The second-order valence-corrected chi connectivity index (χ2v) is 3.87. The number of hydrogen-bond acceptors (Lipinski definition) is 5. The number of nitro groups is 1. The lowest BCUT2D eigenvalue weighted by Gasteiger charge is -2.17. The minimum absolute atomic E-state index is 0.0547. The Hall–Kier alpha value is -1.63. The molecule has 0 spiro atoms. The Morgan fingerprint density at radius 2 is 2.41 bits per heavy atom. The number of rotatable bonds is 7. The van der Waals surface area contributed by atoms with E-state index < -0.39 is 4.92 Å². The number of aromatic nitrogens is 2. The van der Waals surface area contributed by atoms with Crippen molar-refractivity contribution in [3.63, 3.8) is 0 Å². The quantitative estimate of drug-likeness (QED) is 0.579. The molecule has 1 atom stereocenters. The van der Waals surface area contributed by atoms with Crippen LogP contribution in [-0.4, -0.2) is 34.2 Å². The van der Waals surface area contributed by atoms with Crippen LogP contribution >= 0.6 is 0 Å². The summed E-state index contributed by atoms with van der Waals surface area (Å²) in [6.45, 7) is 2.57. The van der Waals surface area contributed by atoms with Crippen molar-refractivity contribution in [2.45, 2.75) is 25.8 Å². The molecule has 1 N–H and O–H groups in total. The van der Waals surface area contributed by atoms with E-state index in [1.807, 2.05) is 0 Å². The highest BCUT2D eigenvalue weighted by atomic mass is 16.6. The third kappa shape index (κ3) is 3.42. The van der Waals surface area contributed by atoms with E-state index in [1.54, 1.807) is 18.7 Å². The minimum atomic E-state index is -0.488. The molecule has 0 aromatic carbocycles. The number of methoxy groups -OCH3 is 1. The number of nitrogens with one attached hydrogen (secondary N) is 1. The van der Waals surface area contributed by atoms with Gasteiger partial charge in [0, 0.05) is 14.2 Å². The predicted molar refractivity (Wildman–Crippen MR) is 64.1 cm³/mol. The summed E-state index contributed by atoms with van der Waals surface area (Å²) in [5.41, 5.74) is 0. The van der Waals surface area contributed by atoms with Crippen molar-refractivity contribution in [1.29, 1.82) is 0 Å². The van der Waals surface area contributed by atoms with Crippen LogP contribution in [0.15, 0.2) is 6.33 Å². The summed E-state index contributed by atoms with van der Waals surface area (Å²) >= 11 is 0. The Morgan fingerprint density at radius 3 is 2.94 bits per heavy atom. The zero-order valence-electron chi connectivity index (χ0n) is 10.3. The minimum Gasteiger partial charge on any atom is -0.383 e. The van der Waals surface area contributed by atoms with Crippen LogP contribution in [0.4, 0.5) is 11.6 Å². The van der Waals surface area contributed by atoms with Crippen molar-refractivity contribution in [3.05, 3.63) is 16.4 Å². The molecule has 0 aliphatic carbocycles. The van der Waals surface area contributed by atoms with Crippen LogP contribution in [0.25, 0.3) is 0 Å². The molecular formula is C10H18N4O3. The Morgan fingerprint density at radius 1 is 1.71 bits per heavy atom. The van der Waals surface area contributed by atoms with Crippen molar-refractivity contribution in [2.24, 2.45) is 7.05 Å². The molecule has 1 rings (SSSR count). The number of nitrogens with zero attached hydrogens (tertiary/aromatic N) is 3. The molecule has 1 aromatic rings. The van der Waals surface area contributed by atoms with Gasteiger partial charge in [0.15, 0.2) is 0 Å². The van der Waals surface area contributed by atoms with E-state index in [2.05, 4.69) is 17.2 Å². The van der Waals surface area contributed by atoms with Crippen molar-refractivity contribution in [2.75, 3.05) is 19.0 Å². The summed E-state index contributed by atoms with van der Waals surface area (Å²) in [6.07, 6.45) is 3.29. The smallest absolute Gasteiger partial charge is 0.383 e. The fraction of sp³-hybridized carbons (Fsp3) is 0.700. The van der Waals surface area contributed by atoms with Gasteiger partial charge in [0.1, 0.15) is 0 Å². The molecule has 0 radical (unpaired) electrons. The molecule has 1 aromatic heterocycles. The van der Waals surface area contributed by atoms with Crippen LogP contribution in [-0.2, 0) is 11.8 Å². The fourth-order valence-electron chi connectivity index (χ4n) is 1.66. The first-order valence-electron chi connectivity index (χ1n) is 5.51. The van der Waals surface area contributed by atoms with E-state index >= 15 is 0 Å². The maximum Gasteiger partial charge on any atom is 0.406 e. The second-order valence-electron chi connectivity index (χ2n) is 3.87. The van der Waals surface area contributed by atoms with Gasteiger partial charge in [-0.25, -0.2) is 0 Å². The highest BCUT2D eigenvalue weighted by Crippen LogP contribution is 2.22. The first kappa shape index (κ1) is 13.4. The van der Waals surface area contributed by atoms with Gasteiger partial charge in [0.25, 0.3) is 0 Å². The van der Waals surface area contributed by atoms with E-state index in [0.717, 1.165) is 12.8 Å². The average Bonchev–Trinajstić information content (AvgIpc) is 2.61. The van der Waals surface area contributed by atoms with E-state index in [4.69, 9.17) is 4.74 Å². The highest BCUT2D eigenvalue weighted by molar-refractivity contribution is 5.52. The van der Waals surface area contributed by atoms with Crippen molar-refractivity contribution in [3.8, 4) is 0 Å². The normalized spacial score (nSPS) is 12.4. The van der Waals surface area contributed by atoms with E-state index in [-0.39, 0.29) is 11.9 Å². The van der Waals surface area contributed by atoms with Crippen molar-refractivity contribution >= 4 is 11.6 Å². The number of anilines is 1. The molecule has 7 nitrogen and oxygen atoms in total. The van der Waals surface area contributed by atoms with Crippen LogP contribution in [0.2, 0.25) is 0 Å². The van der Waals surface area contributed by atoms with Gasteiger partial charge in [-0.2, -0.15) is 0 Å². The molecule has 7 heteroatoms. The summed E-state index contributed by atoms with van der Waals surface area (Å²) < 4.78 is 6.69. The van der Waals surface area contributed by atoms with Gasteiger partial charge in [-0.1, -0.05) is 13.3 Å². The molecule has 0 saturated heterocycles. The SMILES string of the molecule is CCCC(COC)Nc1c([N+](=O)[O-])ncn1C. The molecule has 0 bridgehead atoms. The van der Waals surface area contributed by atoms with E-state index in [1.165, 1.54) is 6.33 Å². The summed E-state index contributed by atoms with van der Waals surface area (Å²) in [5, 5.41) is 13.9. The monoisotopic (exact) mass is 242 g/mol. The molecule has 0 amide bonds. The van der Waals surface area contributed by atoms with Crippen molar-refractivity contribution < 1.29 is 9.66 Å². The van der Waals surface area contributed by atoms with Gasteiger partial charge in [0.2, 0.25) is 12.1 Å². The van der Waals surface area contributed by atoms with E-state index in [0.29, 0.717) is 12.4 Å². The average molecular weight is 242 g/mol. The molecular weight excluding hydrogens is 224 g/mol. The van der Waals surface area contributed by atoms with Gasteiger partial charge in [-0.3, -0.25) is 4.57 Å². The van der Waals surface area contributed by atoms with Gasteiger partial charge < -0.3 is 20.2 Å². The Kier molecular flexibility index (Phi) is 4.89. The zero-order chi connectivity index (χ0) is 12.8. The number of imidazole rings is 1. The molecule has 0 aliphatic heterocycles. The van der Waals surface area contributed by atoms with Crippen LogP contribution in [0.3, 0.4) is 0 Å². The fourth-order valence-corrected chi connectivity index (χ4v) is 1.66. The lowest BCUT2D eigenvalue weighted by molar-refractivity contribution is -0.388. The summed E-state index contributed by atoms with van der Waals surface area (Å²) in [4.78, 5) is 14.1. The van der Waals surface area contributed by atoms with Gasteiger partial charge in [-0.05, 0) is 16.3 Å². The van der Waals surface area contributed by atoms with Gasteiger partial charge in [-0.15, -0.1) is 0 Å². The Labute approximate surface area is 99.9 Å². The largest absolute Gasteiger partial charge is 0.406 e. The second kappa shape index (κ2) is 6.19. The number of aryl methyl sites for hydroxylation is 1. The molecule has 17 heavy (non-hydrogen) atoms. The van der Waals surface area contributed by atoms with Gasteiger partial charge >= 0.3 is 5.82 Å². The zero-order valence-corrected chi connectivity index (χ0v) is 10.3. The topological polar surface area (TPSA) is 82.2 Å². The summed E-state index contributed by atoms with van der Waals surface area (Å²) in [5.74, 6) is 0.273. The predicted octanol–water partition coefficient (Wildman–Crippen LogP) is 1.56. The van der Waals surface area contributed by atoms with Gasteiger partial charge in [0.05, 0.1) is 12.6 Å². The van der Waals surface area contributed by atoms with Crippen LogP contribution in [0.1, 0.15) is 19.8 Å². The lowest BCUT2D eigenvalue weighted by atomic mass is 10.2. The van der Waals surface area contributed by atoms with Crippen LogP contribution in [0.5, 0.6) is 0 Å². The highest BCUT2D eigenvalue weighted by Gasteiger charge is 2.22. The summed E-state index contributed by atoms with van der Waals surface area (Å²) in [7, 11) is 3.33. The molecule has 0 aliphatic rings. The summed E-state index contributed by atoms with van der Waals surface area (Å²) in [6, 6.07) is 0.0547. The molecule has 96 valence electrons. The third-order valence-corrected chi connectivity index (χ3v) is 2.44. The molecule has 0 saturated carbocycles. The van der Waals surface area contributed by atoms with Crippen molar-refractivity contribution in [1.82, 2.24) is 9.55 Å². The first-order chi connectivity index (χ1) is 8.10.